The van der Waals surface area contributed by atoms with Gasteiger partial charge in [-0.15, -0.1) is 0 Å². The second-order valence-electron chi connectivity index (χ2n) is 3.97. The fourth-order valence-corrected chi connectivity index (χ4v) is 1.93. The topological polar surface area (TPSA) is 37.9 Å². The van der Waals surface area contributed by atoms with Crippen molar-refractivity contribution in [3.63, 3.8) is 0 Å². The number of hydrogen-bond acceptors (Lipinski definition) is 3. The second-order valence-corrected chi connectivity index (χ2v) is 4.38. The van der Waals surface area contributed by atoms with Crippen LogP contribution in [0.2, 0.25) is 0 Å². The Morgan fingerprint density at radius 2 is 2.06 bits per heavy atom. The predicted molar refractivity (Wildman–Crippen MR) is 70.8 cm³/mol. The molecule has 0 spiro atoms. The quantitative estimate of drug-likeness (QED) is 0.843. The molecule has 94 valence electrons. The van der Waals surface area contributed by atoms with E-state index in [9.17, 15) is 4.39 Å². The normalized spacial score (nSPS) is 10.4. The first-order valence-corrected chi connectivity index (χ1v) is 5.85. The maximum atomic E-state index is 14.0. The summed E-state index contributed by atoms with van der Waals surface area (Å²) in [6.45, 7) is 3.73. The third-order valence-corrected chi connectivity index (χ3v) is 3.07. The van der Waals surface area contributed by atoms with Gasteiger partial charge in [0.25, 0.3) is 0 Å². The average Bonchev–Trinajstić information content (AvgIpc) is 2.34. The van der Waals surface area contributed by atoms with Gasteiger partial charge in [-0.05, 0) is 26.0 Å². The van der Waals surface area contributed by atoms with E-state index >= 15 is 0 Å². The molecule has 0 aliphatic rings. The number of nitrogens with zero attached hydrogens (tertiary/aromatic N) is 1. The largest absolute Gasteiger partial charge is 0.497 e. The third-order valence-electron chi connectivity index (χ3n) is 2.77. The smallest absolute Gasteiger partial charge is 0.136 e. The number of rotatable bonds is 2. The lowest BCUT2D eigenvalue weighted by Crippen LogP contribution is -1.98. The summed E-state index contributed by atoms with van der Waals surface area (Å²) in [7, 11) is 1.50. The Hall–Kier alpha value is -1.75. The molecular weight excluding hydrogens is 251 g/mol. The highest BCUT2D eigenvalue weighted by molar-refractivity contribution is 7.71. The number of methoxy groups -OCH3 is 1. The summed E-state index contributed by atoms with van der Waals surface area (Å²) in [6, 6.07) is 4.62. The molecular formula is C13H13FN2OS. The molecule has 1 aromatic heterocycles. The van der Waals surface area contributed by atoms with Gasteiger partial charge < -0.3 is 9.72 Å². The van der Waals surface area contributed by atoms with E-state index in [-0.39, 0.29) is 0 Å². The van der Waals surface area contributed by atoms with Crippen LogP contribution in [0.4, 0.5) is 4.39 Å². The van der Waals surface area contributed by atoms with Crippen LogP contribution < -0.4 is 4.74 Å². The van der Waals surface area contributed by atoms with E-state index in [1.807, 2.05) is 13.8 Å². The molecule has 0 aliphatic carbocycles. The summed E-state index contributed by atoms with van der Waals surface area (Å²) in [5.74, 6) is 0.0691. The minimum Gasteiger partial charge on any atom is -0.497 e. The lowest BCUT2D eigenvalue weighted by molar-refractivity contribution is 0.411. The summed E-state index contributed by atoms with van der Waals surface area (Å²) in [6.07, 6.45) is 0. The second kappa shape index (κ2) is 4.86. The Morgan fingerprint density at radius 3 is 2.67 bits per heavy atom. The lowest BCUT2D eigenvalue weighted by Gasteiger charge is -2.08. The molecule has 1 aromatic carbocycles. The van der Waals surface area contributed by atoms with Crippen LogP contribution in [0.1, 0.15) is 11.4 Å². The van der Waals surface area contributed by atoms with Gasteiger partial charge in [0.2, 0.25) is 0 Å². The zero-order valence-electron chi connectivity index (χ0n) is 10.4. The maximum Gasteiger partial charge on any atom is 0.136 e. The van der Waals surface area contributed by atoms with Crippen molar-refractivity contribution in [1.29, 1.82) is 0 Å². The monoisotopic (exact) mass is 264 g/mol. The highest BCUT2D eigenvalue weighted by atomic mass is 32.1. The lowest BCUT2D eigenvalue weighted by atomic mass is 10.1. The highest BCUT2D eigenvalue weighted by Crippen LogP contribution is 2.25. The van der Waals surface area contributed by atoms with Crippen molar-refractivity contribution in [3.8, 4) is 17.0 Å². The summed E-state index contributed by atoms with van der Waals surface area (Å²) in [5.41, 5.74) is 2.51. The molecule has 18 heavy (non-hydrogen) atoms. The Balaban J connectivity index is 2.62. The van der Waals surface area contributed by atoms with Crippen molar-refractivity contribution in [2.45, 2.75) is 13.8 Å². The molecule has 0 bridgehead atoms. The number of ether oxygens (including phenoxy) is 1. The van der Waals surface area contributed by atoms with Crippen LogP contribution >= 0.6 is 12.2 Å². The SMILES string of the molecule is COc1ccc(-c2nc(C)c(C)[nH]c2=S)c(F)c1. The standard InChI is InChI=1S/C13H13FN2OS/c1-7-8(2)16-13(18)12(15-7)10-5-4-9(17-3)6-11(10)14/h4-6H,1-3H3,(H,16,18). The fraction of sp³-hybridized carbons (Fsp3) is 0.231. The molecule has 0 radical (unpaired) electrons. The number of halogens is 1. The molecule has 3 nitrogen and oxygen atoms in total. The van der Waals surface area contributed by atoms with E-state index in [0.29, 0.717) is 21.6 Å². The molecule has 0 unspecified atom stereocenters. The Morgan fingerprint density at radius 1 is 1.33 bits per heavy atom. The van der Waals surface area contributed by atoms with Gasteiger partial charge in [-0.1, -0.05) is 12.2 Å². The van der Waals surface area contributed by atoms with Crippen molar-refractivity contribution in [2.75, 3.05) is 7.11 Å². The number of nitrogens with one attached hydrogen (secondary N) is 1. The number of aryl methyl sites for hydroxylation is 2. The van der Waals surface area contributed by atoms with Crippen LogP contribution in [0.5, 0.6) is 5.75 Å². The number of aromatic amines is 1. The van der Waals surface area contributed by atoms with Crippen molar-refractivity contribution >= 4 is 12.2 Å². The van der Waals surface area contributed by atoms with E-state index in [1.54, 1.807) is 12.1 Å². The fourth-order valence-electron chi connectivity index (χ4n) is 1.62. The molecule has 5 heteroatoms. The molecule has 1 N–H and O–H groups in total. The van der Waals surface area contributed by atoms with Gasteiger partial charge in [0.15, 0.2) is 0 Å². The summed E-state index contributed by atoms with van der Waals surface area (Å²) in [5, 5.41) is 0. The predicted octanol–water partition coefficient (Wildman–Crippen LogP) is 3.57. The Kier molecular flexibility index (Phi) is 3.43. The van der Waals surface area contributed by atoms with Crippen molar-refractivity contribution < 1.29 is 9.13 Å². The van der Waals surface area contributed by atoms with Crippen LogP contribution in [0.15, 0.2) is 18.2 Å². The molecule has 0 atom stereocenters. The number of aromatic nitrogens is 2. The van der Waals surface area contributed by atoms with Gasteiger partial charge in [0, 0.05) is 17.3 Å². The van der Waals surface area contributed by atoms with E-state index in [0.717, 1.165) is 11.4 Å². The maximum absolute atomic E-state index is 14.0. The Bertz CT molecular complexity index is 652. The Labute approximate surface area is 110 Å². The van der Waals surface area contributed by atoms with Crippen LogP contribution in [0.25, 0.3) is 11.3 Å². The van der Waals surface area contributed by atoms with E-state index in [1.165, 1.54) is 13.2 Å². The van der Waals surface area contributed by atoms with Crippen LogP contribution in [-0.4, -0.2) is 17.1 Å². The van der Waals surface area contributed by atoms with Gasteiger partial charge >= 0.3 is 0 Å². The van der Waals surface area contributed by atoms with Crippen molar-refractivity contribution in [2.24, 2.45) is 0 Å². The minimum absolute atomic E-state index is 0.375. The van der Waals surface area contributed by atoms with Crippen LogP contribution in [-0.2, 0) is 0 Å². The first-order chi connectivity index (χ1) is 8.52. The molecule has 0 saturated heterocycles. The van der Waals surface area contributed by atoms with Crippen molar-refractivity contribution in [3.05, 3.63) is 40.0 Å². The van der Waals surface area contributed by atoms with E-state index in [4.69, 9.17) is 17.0 Å². The molecule has 0 amide bonds. The summed E-state index contributed by atoms with van der Waals surface area (Å²) >= 11 is 5.19. The van der Waals surface area contributed by atoms with Crippen LogP contribution in [0.3, 0.4) is 0 Å². The molecule has 1 heterocycles. The molecule has 2 rings (SSSR count). The van der Waals surface area contributed by atoms with Crippen LogP contribution in [0, 0.1) is 24.3 Å². The molecule has 0 saturated carbocycles. The number of hydrogen-bond donors (Lipinski definition) is 1. The summed E-state index contributed by atoms with van der Waals surface area (Å²) in [4.78, 5) is 7.36. The zero-order valence-corrected chi connectivity index (χ0v) is 11.2. The average molecular weight is 264 g/mol. The number of benzene rings is 1. The zero-order chi connectivity index (χ0) is 13.3. The van der Waals surface area contributed by atoms with Gasteiger partial charge in [-0.3, -0.25) is 0 Å². The van der Waals surface area contributed by atoms with E-state index < -0.39 is 5.82 Å². The first-order valence-electron chi connectivity index (χ1n) is 5.44. The van der Waals surface area contributed by atoms with E-state index in [2.05, 4.69) is 9.97 Å². The third kappa shape index (κ3) is 2.26. The van der Waals surface area contributed by atoms with Gasteiger partial charge in [0.05, 0.1) is 12.8 Å². The molecule has 0 fully saturated rings. The highest BCUT2D eigenvalue weighted by Gasteiger charge is 2.11. The first kappa shape index (κ1) is 12.7. The number of H-pyrrole nitrogens is 1. The van der Waals surface area contributed by atoms with Crippen molar-refractivity contribution in [1.82, 2.24) is 9.97 Å². The van der Waals surface area contributed by atoms with Gasteiger partial charge in [-0.25, -0.2) is 9.37 Å². The molecule has 0 aliphatic heterocycles. The minimum atomic E-state index is -0.399. The summed E-state index contributed by atoms with van der Waals surface area (Å²) < 4.78 is 19.4. The van der Waals surface area contributed by atoms with Gasteiger partial charge in [-0.2, -0.15) is 0 Å². The van der Waals surface area contributed by atoms with Gasteiger partial charge in [0.1, 0.15) is 21.9 Å². The molecule has 2 aromatic rings.